The zero-order chi connectivity index (χ0) is 28.0. The van der Waals surface area contributed by atoms with Gasteiger partial charge in [-0.25, -0.2) is 14.8 Å². The van der Waals surface area contributed by atoms with Crippen LogP contribution in [0.1, 0.15) is 95.8 Å². The summed E-state index contributed by atoms with van der Waals surface area (Å²) in [5, 5.41) is 27.4. The van der Waals surface area contributed by atoms with E-state index in [1.54, 1.807) is 13.0 Å². The predicted octanol–water partition coefficient (Wildman–Crippen LogP) is 3.48. The summed E-state index contributed by atoms with van der Waals surface area (Å²) in [6, 6.07) is 1.78. The van der Waals surface area contributed by atoms with Gasteiger partial charge in [0.25, 0.3) is 5.56 Å². The fourth-order valence-corrected chi connectivity index (χ4v) is 4.84. The van der Waals surface area contributed by atoms with Crippen molar-refractivity contribution in [2.45, 2.75) is 115 Å². The molecule has 4 atom stereocenters. The molecule has 11 nitrogen and oxygen atoms in total. The lowest BCUT2D eigenvalue weighted by Crippen LogP contribution is -2.38. The maximum absolute atomic E-state index is 12.2. The van der Waals surface area contributed by atoms with Gasteiger partial charge in [-0.05, 0) is 13.3 Å². The highest BCUT2D eigenvalue weighted by molar-refractivity contribution is 5.46. The number of unbranched alkanes of at least 4 members (excludes halogenated alkanes) is 11. The van der Waals surface area contributed by atoms with E-state index in [0.29, 0.717) is 17.2 Å². The van der Waals surface area contributed by atoms with Crippen molar-refractivity contribution in [2.24, 2.45) is 0 Å². The second-order valence-electron chi connectivity index (χ2n) is 10.5. The van der Waals surface area contributed by atoms with E-state index in [2.05, 4.69) is 32.5 Å². The van der Waals surface area contributed by atoms with E-state index in [-0.39, 0.29) is 6.54 Å². The maximum Gasteiger partial charge on any atom is 0.330 e. The van der Waals surface area contributed by atoms with Gasteiger partial charge in [-0.2, -0.15) is 0 Å². The van der Waals surface area contributed by atoms with Gasteiger partial charge in [-0.3, -0.25) is 14.3 Å². The van der Waals surface area contributed by atoms with E-state index >= 15 is 0 Å². The molecule has 3 rings (SSSR count). The van der Waals surface area contributed by atoms with Gasteiger partial charge in [0.1, 0.15) is 36.3 Å². The smallest absolute Gasteiger partial charge is 0.330 e. The van der Waals surface area contributed by atoms with Crippen LogP contribution in [0.5, 0.6) is 0 Å². The van der Waals surface area contributed by atoms with Gasteiger partial charge in [0.15, 0.2) is 6.23 Å². The fraction of sp³-hybridized carbons (Fsp3) is 0.714. The summed E-state index contributed by atoms with van der Waals surface area (Å²) in [5.74, 6) is 1.25. The lowest BCUT2D eigenvalue weighted by atomic mass is 10.1. The molecule has 2 aromatic rings. The Kier molecular flexibility index (Phi) is 12.9. The second kappa shape index (κ2) is 16.4. The molecule has 0 aliphatic carbocycles. The molecular weight excluding hydrogens is 500 g/mol. The van der Waals surface area contributed by atoms with E-state index in [1.165, 1.54) is 83.2 Å². The van der Waals surface area contributed by atoms with E-state index in [4.69, 9.17) is 4.74 Å². The Morgan fingerprint density at radius 1 is 0.897 bits per heavy atom. The zero-order valence-electron chi connectivity index (χ0n) is 23.4. The molecule has 1 fully saturated rings. The maximum atomic E-state index is 12.2. The third-order valence-electron chi connectivity index (χ3n) is 7.25. The Balaban J connectivity index is 1.33. The molecule has 39 heavy (non-hydrogen) atoms. The summed E-state index contributed by atoms with van der Waals surface area (Å²) < 4.78 is 6.86. The van der Waals surface area contributed by atoms with Gasteiger partial charge in [0.2, 0.25) is 0 Å². The molecule has 0 spiro atoms. The van der Waals surface area contributed by atoms with Crippen molar-refractivity contribution in [3.63, 3.8) is 0 Å². The van der Waals surface area contributed by atoms with Crippen molar-refractivity contribution >= 4 is 11.6 Å². The van der Waals surface area contributed by atoms with Gasteiger partial charge in [0, 0.05) is 30.9 Å². The number of hydrogen-bond donors (Lipinski definition) is 5. The number of aryl methyl sites for hydroxylation is 1. The first-order valence-corrected chi connectivity index (χ1v) is 14.5. The van der Waals surface area contributed by atoms with Crippen LogP contribution in [-0.4, -0.2) is 61.1 Å². The van der Waals surface area contributed by atoms with Crippen molar-refractivity contribution in [1.82, 2.24) is 19.5 Å². The van der Waals surface area contributed by atoms with Crippen LogP contribution >= 0.6 is 0 Å². The number of aliphatic hydroxyl groups is 2. The molecule has 5 N–H and O–H groups in total. The molecule has 3 heterocycles. The molecule has 0 aromatic carbocycles. The number of aromatic nitrogens is 4. The first-order valence-electron chi connectivity index (χ1n) is 14.5. The molecule has 11 heteroatoms. The van der Waals surface area contributed by atoms with Crippen LogP contribution < -0.4 is 21.9 Å². The molecule has 0 radical (unpaired) electrons. The monoisotopic (exact) mass is 546 g/mol. The number of H-pyrrole nitrogens is 1. The van der Waals surface area contributed by atoms with E-state index in [1.807, 2.05) is 0 Å². The van der Waals surface area contributed by atoms with E-state index in [9.17, 15) is 19.8 Å². The number of aliphatic hydroxyl groups excluding tert-OH is 2. The Morgan fingerprint density at radius 3 is 2.13 bits per heavy atom. The third kappa shape index (κ3) is 9.74. The minimum absolute atomic E-state index is 0.154. The number of nitrogens with zero attached hydrogens (tertiary/aromatic N) is 3. The Bertz CT molecular complexity index is 1110. The Labute approximate surface area is 230 Å². The van der Waals surface area contributed by atoms with Crippen LogP contribution in [0.15, 0.2) is 28.2 Å². The highest BCUT2D eigenvalue weighted by Crippen LogP contribution is 2.28. The average molecular weight is 547 g/mol. The average Bonchev–Trinajstić information content (AvgIpc) is 3.21. The highest BCUT2D eigenvalue weighted by atomic mass is 16.6. The van der Waals surface area contributed by atoms with Crippen molar-refractivity contribution in [2.75, 3.05) is 23.7 Å². The molecule has 1 aliphatic rings. The summed E-state index contributed by atoms with van der Waals surface area (Å²) in [6.45, 7) is 4.79. The lowest BCUT2D eigenvalue weighted by Gasteiger charge is -2.17. The van der Waals surface area contributed by atoms with Crippen molar-refractivity contribution in [1.29, 1.82) is 0 Å². The first kappa shape index (κ1) is 30.8. The van der Waals surface area contributed by atoms with Gasteiger partial charge in [-0.1, -0.05) is 77.6 Å². The SMILES string of the molecule is CCCCCCCCCCCCCCNc1cc(NC[C@H]2O[C@@H](n3cc(C)c(=O)[nH]c3=O)[C@H](O)[C@@H]2O)ncn1. The number of hydrogen-bond acceptors (Lipinski definition) is 9. The first-order chi connectivity index (χ1) is 18.9. The molecule has 0 saturated carbocycles. The zero-order valence-corrected chi connectivity index (χ0v) is 23.4. The Hall–Kier alpha value is -2.76. The minimum Gasteiger partial charge on any atom is -0.387 e. The predicted molar refractivity (Wildman–Crippen MR) is 152 cm³/mol. The summed E-state index contributed by atoms with van der Waals surface area (Å²) >= 11 is 0. The molecule has 0 bridgehead atoms. The van der Waals surface area contributed by atoms with Crippen LogP contribution in [-0.2, 0) is 4.74 Å². The van der Waals surface area contributed by atoms with E-state index < -0.39 is 35.8 Å². The quantitative estimate of drug-likeness (QED) is 0.177. The number of anilines is 2. The van der Waals surface area contributed by atoms with Gasteiger partial charge in [0.05, 0.1) is 0 Å². The van der Waals surface area contributed by atoms with Crippen molar-refractivity contribution in [3.05, 3.63) is 45.0 Å². The van der Waals surface area contributed by atoms with Crippen molar-refractivity contribution in [3.8, 4) is 0 Å². The highest BCUT2D eigenvalue weighted by Gasteiger charge is 2.44. The largest absolute Gasteiger partial charge is 0.387 e. The normalized spacial score (nSPS) is 20.8. The van der Waals surface area contributed by atoms with Gasteiger partial charge >= 0.3 is 5.69 Å². The third-order valence-corrected chi connectivity index (χ3v) is 7.25. The summed E-state index contributed by atoms with van der Waals surface area (Å²) in [6.07, 6.45) is 14.0. The van der Waals surface area contributed by atoms with Gasteiger partial charge in [-0.15, -0.1) is 0 Å². The van der Waals surface area contributed by atoms with Crippen LogP contribution in [0.25, 0.3) is 0 Å². The summed E-state index contributed by atoms with van der Waals surface area (Å²) in [5.41, 5.74) is -0.921. The van der Waals surface area contributed by atoms with Gasteiger partial charge < -0.3 is 25.6 Å². The fourth-order valence-electron chi connectivity index (χ4n) is 4.84. The summed E-state index contributed by atoms with van der Waals surface area (Å²) in [4.78, 5) is 34.5. The summed E-state index contributed by atoms with van der Waals surface area (Å²) in [7, 11) is 0. The molecule has 0 amide bonds. The molecule has 218 valence electrons. The molecule has 0 unspecified atom stereocenters. The molecule has 1 aliphatic heterocycles. The molecule has 1 saturated heterocycles. The van der Waals surface area contributed by atoms with Crippen LogP contribution in [0, 0.1) is 6.92 Å². The Morgan fingerprint density at radius 2 is 1.49 bits per heavy atom. The minimum atomic E-state index is -1.34. The van der Waals surface area contributed by atoms with Crippen molar-refractivity contribution < 1.29 is 14.9 Å². The van der Waals surface area contributed by atoms with Crippen LogP contribution in [0.3, 0.4) is 0 Å². The number of ether oxygens (including phenoxy) is 1. The van der Waals surface area contributed by atoms with Crippen LogP contribution in [0.4, 0.5) is 11.6 Å². The lowest BCUT2D eigenvalue weighted by molar-refractivity contribution is -0.0364. The van der Waals surface area contributed by atoms with E-state index in [0.717, 1.165) is 17.5 Å². The number of nitrogens with one attached hydrogen (secondary N) is 3. The standard InChI is InChI=1S/C28H46N6O5/c1-3-4-5-6-7-8-9-10-11-12-13-14-15-29-22-16-23(32-19-31-22)30-17-21-24(35)25(36)27(39-21)34-18-20(2)26(37)33-28(34)38/h16,18-19,21,24-25,27,35-36H,3-15,17H2,1-2H3,(H,33,37,38)(H2,29,30,31,32)/t21-,24-,25-,27-/m1/s1. The topological polar surface area (TPSA) is 154 Å². The number of rotatable bonds is 18. The molecule has 2 aromatic heterocycles. The number of aromatic amines is 1. The molecular formula is C28H46N6O5. The second-order valence-corrected chi connectivity index (χ2v) is 10.5. The van der Waals surface area contributed by atoms with Crippen LogP contribution in [0.2, 0.25) is 0 Å².